The predicted molar refractivity (Wildman–Crippen MR) is 132 cm³/mol. The quantitative estimate of drug-likeness (QED) is 0.182. The van der Waals surface area contributed by atoms with Crippen LogP contribution in [0.4, 0.5) is 5.69 Å². The Kier molecular flexibility index (Phi) is 6.91. The molecule has 178 valence electrons. The third kappa shape index (κ3) is 5.55. The molecule has 8 nitrogen and oxygen atoms in total. The number of nitro groups is 1. The van der Waals surface area contributed by atoms with Gasteiger partial charge in [-0.05, 0) is 65.1 Å². The molecule has 0 saturated carbocycles. The van der Waals surface area contributed by atoms with Crippen molar-refractivity contribution in [1.82, 2.24) is 0 Å². The number of nitrogens with zero attached hydrogens (tertiary/aromatic N) is 2. The molecule has 0 radical (unpaired) electrons. The Hall–Kier alpha value is -4.46. The molecular weight excluding hydrogens is 448 g/mol. The summed E-state index contributed by atoms with van der Waals surface area (Å²) in [4.78, 5) is 27.1. The van der Waals surface area contributed by atoms with Crippen molar-refractivity contribution in [2.75, 3.05) is 7.11 Å². The lowest BCUT2D eigenvalue weighted by Crippen LogP contribution is -2.05. The summed E-state index contributed by atoms with van der Waals surface area (Å²) >= 11 is 0. The highest BCUT2D eigenvalue weighted by molar-refractivity contribution is 6.12. The fourth-order valence-corrected chi connectivity index (χ4v) is 3.47. The Labute approximate surface area is 202 Å². The number of carbonyl (C=O) groups excluding carboxylic acids is 1. The van der Waals surface area contributed by atoms with Gasteiger partial charge in [0, 0.05) is 17.7 Å². The van der Waals surface area contributed by atoms with E-state index in [0.29, 0.717) is 23.0 Å². The Morgan fingerprint density at radius 1 is 1.03 bits per heavy atom. The predicted octanol–water partition coefficient (Wildman–Crippen LogP) is 5.65. The normalized spacial score (nSPS) is 14.1. The topological polar surface area (TPSA) is 100 Å². The van der Waals surface area contributed by atoms with Crippen molar-refractivity contribution in [2.24, 2.45) is 4.99 Å². The van der Waals surface area contributed by atoms with Gasteiger partial charge in [0.2, 0.25) is 5.90 Å². The number of carbonyl (C=O) groups is 1. The molecule has 0 amide bonds. The molecule has 0 saturated heterocycles. The molecule has 1 heterocycles. The van der Waals surface area contributed by atoms with Crippen LogP contribution in [0.3, 0.4) is 0 Å². The van der Waals surface area contributed by atoms with Crippen molar-refractivity contribution >= 4 is 23.6 Å². The molecule has 4 rings (SSSR count). The number of benzene rings is 3. The molecule has 0 aliphatic carbocycles. The van der Waals surface area contributed by atoms with Crippen LogP contribution in [0.25, 0.3) is 6.08 Å². The highest BCUT2D eigenvalue weighted by atomic mass is 16.6. The summed E-state index contributed by atoms with van der Waals surface area (Å²) < 4.78 is 16.6. The zero-order chi connectivity index (χ0) is 24.9. The molecule has 0 aromatic heterocycles. The average Bonchev–Trinajstić information content (AvgIpc) is 3.23. The molecule has 0 atom stereocenters. The Morgan fingerprint density at radius 2 is 1.74 bits per heavy atom. The van der Waals surface area contributed by atoms with E-state index < -0.39 is 10.9 Å². The van der Waals surface area contributed by atoms with Gasteiger partial charge in [-0.2, -0.15) is 0 Å². The first-order valence-electron chi connectivity index (χ1n) is 11.0. The van der Waals surface area contributed by atoms with Crippen LogP contribution in [-0.4, -0.2) is 23.9 Å². The summed E-state index contributed by atoms with van der Waals surface area (Å²) in [5, 5.41) is 10.8. The molecule has 0 spiro atoms. The highest BCUT2D eigenvalue weighted by Gasteiger charge is 2.24. The fraction of sp³-hybridized carbons (Fsp3) is 0.185. The standard InChI is InChI=1S/C27H24N2O6/c1-17(2)20-7-9-21(10-8-20)26-28-23(27(30)35-26)14-19-6-13-24(25(15-19)33-3)34-16-18-4-11-22(12-5-18)29(31)32/h4-15,17H,16H2,1-3H3/b23-14-. The molecule has 0 N–H and O–H groups in total. The Balaban J connectivity index is 1.49. The fourth-order valence-electron chi connectivity index (χ4n) is 3.47. The van der Waals surface area contributed by atoms with Crippen molar-refractivity contribution in [3.63, 3.8) is 0 Å². The number of hydrogen-bond donors (Lipinski definition) is 0. The van der Waals surface area contributed by atoms with Crippen molar-refractivity contribution < 1.29 is 23.9 Å². The van der Waals surface area contributed by atoms with Gasteiger partial charge in [0.05, 0.1) is 12.0 Å². The minimum absolute atomic E-state index is 0.0209. The number of cyclic esters (lactones) is 1. The van der Waals surface area contributed by atoms with E-state index in [1.807, 2.05) is 24.3 Å². The van der Waals surface area contributed by atoms with Gasteiger partial charge < -0.3 is 14.2 Å². The Bertz CT molecular complexity index is 1310. The molecule has 0 fully saturated rings. The smallest absolute Gasteiger partial charge is 0.363 e. The van der Waals surface area contributed by atoms with E-state index >= 15 is 0 Å². The lowest BCUT2D eigenvalue weighted by Gasteiger charge is -2.11. The molecule has 35 heavy (non-hydrogen) atoms. The molecule has 0 bridgehead atoms. The van der Waals surface area contributed by atoms with Gasteiger partial charge >= 0.3 is 5.97 Å². The molecule has 1 aliphatic rings. The lowest BCUT2D eigenvalue weighted by molar-refractivity contribution is -0.384. The number of non-ortho nitro benzene ring substituents is 1. The van der Waals surface area contributed by atoms with Crippen LogP contribution in [-0.2, 0) is 16.1 Å². The number of rotatable bonds is 8. The third-order valence-electron chi connectivity index (χ3n) is 5.48. The first-order valence-corrected chi connectivity index (χ1v) is 11.0. The number of nitro benzene ring substituents is 1. The number of hydrogen-bond acceptors (Lipinski definition) is 7. The van der Waals surface area contributed by atoms with E-state index in [1.165, 1.54) is 24.8 Å². The number of aliphatic imine (C=N–C) groups is 1. The van der Waals surface area contributed by atoms with E-state index in [9.17, 15) is 14.9 Å². The maximum absolute atomic E-state index is 12.4. The van der Waals surface area contributed by atoms with Gasteiger partial charge in [0.25, 0.3) is 5.69 Å². The van der Waals surface area contributed by atoms with E-state index in [-0.39, 0.29) is 23.9 Å². The minimum atomic E-state index is -0.523. The van der Waals surface area contributed by atoms with Gasteiger partial charge in [-0.25, -0.2) is 9.79 Å². The van der Waals surface area contributed by atoms with Crippen LogP contribution < -0.4 is 9.47 Å². The molecule has 1 aliphatic heterocycles. The van der Waals surface area contributed by atoms with Crippen LogP contribution in [0.15, 0.2) is 77.4 Å². The van der Waals surface area contributed by atoms with Gasteiger partial charge in [-0.1, -0.05) is 32.0 Å². The lowest BCUT2D eigenvalue weighted by atomic mass is 10.0. The molecule has 0 unspecified atom stereocenters. The van der Waals surface area contributed by atoms with E-state index in [1.54, 1.807) is 36.4 Å². The SMILES string of the molecule is COc1cc(/C=C2\N=C(c3ccc(C(C)C)cc3)OC2=O)ccc1OCc1ccc([N+](=O)[O-])cc1. The summed E-state index contributed by atoms with van der Waals surface area (Å²) in [5.74, 6) is 1.12. The van der Waals surface area contributed by atoms with Crippen LogP contribution in [0.1, 0.15) is 42.0 Å². The van der Waals surface area contributed by atoms with Crippen molar-refractivity contribution in [2.45, 2.75) is 26.4 Å². The van der Waals surface area contributed by atoms with Crippen molar-refractivity contribution in [3.8, 4) is 11.5 Å². The summed E-state index contributed by atoms with van der Waals surface area (Å²) in [6.45, 7) is 4.44. The summed E-state index contributed by atoms with van der Waals surface area (Å²) in [6, 6.07) is 19.2. The van der Waals surface area contributed by atoms with Crippen molar-refractivity contribution in [3.05, 3.63) is 105 Å². The molecular formula is C27H24N2O6. The Morgan fingerprint density at radius 3 is 2.37 bits per heavy atom. The molecule has 8 heteroatoms. The van der Waals surface area contributed by atoms with Gasteiger partial charge in [-0.3, -0.25) is 10.1 Å². The zero-order valence-corrected chi connectivity index (χ0v) is 19.6. The average molecular weight is 472 g/mol. The number of ether oxygens (including phenoxy) is 3. The summed E-state index contributed by atoms with van der Waals surface area (Å²) in [5.41, 5.74) is 3.61. The maximum Gasteiger partial charge on any atom is 0.363 e. The number of esters is 1. The summed E-state index contributed by atoms with van der Waals surface area (Å²) in [7, 11) is 1.52. The maximum atomic E-state index is 12.4. The van der Waals surface area contributed by atoms with Crippen LogP contribution in [0.5, 0.6) is 11.5 Å². The first-order chi connectivity index (χ1) is 16.8. The van der Waals surface area contributed by atoms with E-state index in [4.69, 9.17) is 14.2 Å². The van der Waals surface area contributed by atoms with E-state index in [0.717, 1.165) is 11.1 Å². The first kappa shape index (κ1) is 23.7. The third-order valence-corrected chi connectivity index (χ3v) is 5.48. The van der Waals surface area contributed by atoms with Gasteiger partial charge in [0.1, 0.15) is 6.61 Å². The molecule has 3 aromatic rings. The van der Waals surface area contributed by atoms with Gasteiger partial charge in [-0.15, -0.1) is 0 Å². The highest BCUT2D eigenvalue weighted by Crippen LogP contribution is 2.31. The van der Waals surface area contributed by atoms with Crippen LogP contribution in [0.2, 0.25) is 0 Å². The molecule has 3 aromatic carbocycles. The minimum Gasteiger partial charge on any atom is -0.493 e. The van der Waals surface area contributed by atoms with Gasteiger partial charge in [0.15, 0.2) is 17.2 Å². The number of methoxy groups -OCH3 is 1. The second kappa shape index (κ2) is 10.2. The summed E-state index contributed by atoms with van der Waals surface area (Å²) in [6.07, 6.45) is 1.63. The van der Waals surface area contributed by atoms with Crippen LogP contribution in [0, 0.1) is 10.1 Å². The van der Waals surface area contributed by atoms with Crippen LogP contribution >= 0.6 is 0 Å². The largest absolute Gasteiger partial charge is 0.493 e. The second-order valence-corrected chi connectivity index (χ2v) is 8.24. The monoisotopic (exact) mass is 472 g/mol. The van der Waals surface area contributed by atoms with E-state index in [2.05, 4.69) is 18.8 Å². The second-order valence-electron chi connectivity index (χ2n) is 8.24. The van der Waals surface area contributed by atoms with Crippen molar-refractivity contribution in [1.29, 1.82) is 0 Å². The zero-order valence-electron chi connectivity index (χ0n) is 19.6.